The molecule has 1 aromatic carbocycles. The van der Waals surface area contributed by atoms with Crippen LogP contribution < -0.4 is 0 Å². The van der Waals surface area contributed by atoms with Gasteiger partial charge in [-0.25, -0.2) is 4.39 Å². The summed E-state index contributed by atoms with van der Waals surface area (Å²) in [4.78, 5) is 2.23. The molecule has 2 aliphatic rings. The first kappa shape index (κ1) is 16.2. The van der Waals surface area contributed by atoms with Crippen molar-refractivity contribution in [2.24, 2.45) is 5.41 Å². The van der Waals surface area contributed by atoms with E-state index in [-0.39, 0.29) is 28.5 Å². The monoisotopic (exact) mass is 327 g/mol. The van der Waals surface area contributed by atoms with Gasteiger partial charge in [0.25, 0.3) is 0 Å². The summed E-state index contributed by atoms with van der Waals surface area (Å²) in [5.41, 5.74) is 0.554. The number of aliphatic hydroxyl groups is 1. The normalized spacial score (nSPS) is 27.8. The molecule has 3 rings (SSSR count). The summed E-state index contributed by atoms with van der Waals surface area (Å²) >= 11 is 5.84. The van der Waals surface area contributed by atoms with Gasteiger partial charge in [0.2, 0.25) is 0 Å². The molecule has 1 aromatic rings. The number of hydrogen-bond donors (Lipinski definition) is 1. The van der Waals surface area contributed by atoms with Crippen LogP contribution in [0.15, 0.2) is 18.2 Å². The Morgan fingerprint density at radius 3 is 2.77 bits per heavy atom. The smallest absolute Gasteiger partial charge is 0.146 e. The van der Waals surface area contributed by atoms with E-state index in [0.717, 1.165) is 32.4 Å². The predicted octanol–water partition coefficient (Wildman–Crippen LogP) is 3.23. The Bertz CT molecular complexity index is 529. The Balaban J connectivity index is 1.61. The maximum absolute atomic E-state index is 14.0. The lowest BCUT2D eigenvalue weighted by Crippen LogP contribution is -2.62. The summed E-state index contributed by atoms with van der Waals surface area (Å²) in [6, 6.07) is 5.14. The number of nitrogens with zero attached hydrogens (tertiary/aromatic N) is 1. The highest BCUT2D eigenvalue weighted by Gasteiger charge is 2.55. The highest BCUT2D eigenvalue weighted by atomic mass is 35.5. The first-order valence-electron chi connectivity index (χ1n) is 8.01. The molecule has 1 heterocycles. The molecule has 1 aliphatic heterocycles. The number of piperidine rings is 1. The van der Waals surface area contributed by atoms with Crippen LogP contribution in [0.3, 0.4) is 0 Å². The maximum Gasteiger partial charge on any atom is 0.146 e. The van der Waals surface area contributed by atoms with Gasteiger partial charge in [0.15, 0.2) is 0 Å². The zero-order valence-electron chi connectivity index (χ0n) is 12.9. The lowest BCUT2D eigenvalue weighted by Gasteiger charge is -2.56. The molecule has 2 atom stereocenters. The van der Waals surface area contributed by atoms with E-state index in [0.29, 0.717) is 18.7 Å². The summed E-state index contributed by atoms with van der Waals surface area (Å²) in [5.74, 6) is -0.319. The minimum Gasteiger partial charge on any atom is -0.392 e. The van der Waals surface area contributed by atoms with Gasteiger partial charge in [-0.1, -0.05) is 23.7 Å². The standard InChI is InChI=1S/C17H23ClFNO2/c1-2-22-15-10-14(21)17(15)6-8-20(9-7-17)11-12-4-3-5-13(18)16(12)19/h3-5,14-15,21H,2,6-11H2,1H3. The number of likely N-dealkylation sites (tertiary alicyclic amines) is 1. The maximum atomic E-state index is 14.0. The third-order valence-corrected chi connectivity index (χ3v) is 5.61. The lowest BCUT2D eigenvalue weighted by molar-refractivity contribution is -0.209. The molecule has 1 aliphatic carbocycles. The highest BCUT2D eigenvalue weighted by molar-refractivity contribution is 6.30. The summed E-state index contributed by atoms with van der Waals surface area (Å²) in [6.07, 6.45) is 2.48. The third kappa shape index (κ3) is 2.78. The van der Waals surface area contributed by atoms with E-state index in [2.05, 4.69) is 4.90 Å². The average molecular weight is 328 g/mol. The lowest BCUT2D eigenvalue weighted by atomic mass is 9.58. The average Bonchev–Trinajstić information content (AvgIpc) is 2.52. The van der Waals surface area contributed by atoms with Crippen LogP contribution in [-0.4, -0.2) is 41.9 Å². The molecule has 0 amide bonds. The SMILES string of the molecule is CCOC1CC(O)C12CCN(Cc1cccc(Cl)c1F)CC2. The number of ether oxygens (including phenoxy) is 1. The van der Waals surface area contributed by atoms with Gasteiger partial charge in [-0.2, -0.15) is 0 Å². The van der Waals surface area contributed by atoms with Crippen molar-refractivity contribution in [1.82, 2.24) is 4.90 Å². The number of hydrogen-bond acceptors (Lipinski definition) is 3. The molecule has 22 heavy (non-hydrogen) atoms. The van der Waals surface area contributed by atoms with Gasteiger partial charge < -0.3 is 9.84 Å². The summed E-state index contributed by atoms with van der Waals surface area (Å²) in [7, 11) is 0. The molecule has 122 valence electrons. The van der Waals surface area contributed by atoms with Gasteiger partial charge in [0.1, 0.15) is 5.82 Å². The van der Waals surface area contributed by atoms with E-state index in [1.54, 1.807) is 18.2 Å². The summed E-state index contributed by atoms with van der Waals surface area (Å²) in [6.45, 7) is 4.96. The Morgan fingerprint density at radius 2 is 2.14 bits per heavy atom. The van der Waals surface area contributed by atoms with E-state index in [1.165, 1.54) is 0 Å². The second kappa shape index (κ2) is 6.44. The Kier molecular flexibility index (Phi) is 4.74. The molecule has 1 N–H and O–H groups in total. The van der Waals surface area contributed by atoms with Gasteiger partial charge in [0, 0.05) is 30.6 Å². The molecule has 3 nitrogen and oxygen atoms in total. The van der Waals surface area contributed by atoms with Crippen LogP contribution in [0.2, 0.25) is 5.02 Å². The first-order valence-corrected chi connectivity index (χ1v) is 8.39. The largest absolute Gasteiger partial charge is 0.392 e. The molecule has 2 unspecified atom stereocenters. The molecule has 0 radical (unpaired) electrons. The van der Waals surface area contributed by atoms with Crippen molar-refractivity contribution >= 4 is 11.6 Å². The van der Waals surface area contributed by atoms with Crippen molar-refractivity contribution in [3.05, 3.63) is 34.6 Å². The molecule has 1 saturated heterocycles. The van der Waals surface area contributed by atoms with Crippen LogP contribution in [-0.2, 0) is 11.3 Å². The second-order valence-corrected chi connectivity index (χ2v) is 6.82. The van der Waals surface area contributed by atoms with Crippen molar-refractivity contribution in [2.45, 2.75) is 44.9 Å². The number of benzene rings is 1. The molecular weight excluding hydrogens is 305 g/mol. The third-order valence-electron chi connectivity index (χ3n) is 5.32. The number of rotatable bonds is 4. The molecule has 1 spiro atoms. The van der Waals surface area contributed by atoms with Crippen LogP contribution in [0.25, 0.3) is 0 Å². The van der Waals surface area contributed by atoms with E-state index < -0.39 is 0 Å². The zero-order valence-corrected chi connectivity index (χ0v) is 13.7. The van der Waals surface area contributed by atoms with Crippen molar-refractivity contribution in [2.75, 3.05) is 19.7 Å². The van der Waals surface area contributed by atoms with E-state index in [1.807, 2.05) is 6.92 Å². The number of aliphatic hydroxyl groups excluding tert-OH is 1. The van der Waals surface area contributed by atoms with Gasteiger partial charge in [0.05, 0.1) is 17.2 Å². The van der Waals surface area contributed by atoms with Crippen LogP contribution in [0.5, 0.6) is 0 Å². The fourth-order valence-electron chi connectivity index (χ4n) is 3.86. The predicted molar refractivity (Wildman–Crippen MR) is 84.4 cm³/mol. The molecule has 5 heteroatoms. The Hall–Kier alpha value is -0.680. The van der Waals surface area contributed by atoms with Gasteiger partial charge in [-0.15, -0.1) is 0 Å². The van der Waals surface area contributed by atoms with Crippen LogP contribution >= 0.6 is 11.6 Å². The van der Waals surface area contributed by atoms with Gasteiger partial charge >= 0.3 is 0 Å². The van der Waals surface area contributed by atoms with Gasteiger partial charge in [-0.3, -0.25) is 4.90 Å². The van der Waals surface area contributed by atoms with Crippen LogP contribution in [0.1, 0.15) is 31.7 Å². The van der Waals surface area contributed by atoms with Gasteiger partial charge in [-0.05, 0) is 38.9 Å². The highest BCUT2D eigenvalue weighted by Crippen LogP contribution is 2.51. The topological polar surface area (TPSA) is 32.7 Å². The Morgan fingerprint density at radius 1 is 1.41 bits per heavy atom. The molecule has 1 saturated carbocycles. The molecular formula is C17H23ClFNO2. The van der Waals surface area contributed by atoms with Crippen LogP contribution in [0, 0.1) is 11.2 Å². The van der Waals surface area contributed by atoms with E-state index in [9.17, 15) is 9.50 Å². The molecule has 0 aromatic heterocycles. The first-order chi connectivity index (χ1) is 10.6. The van der Waals surface area contributed by atoms with Crippen molar-refractivity contribution in [3.8, 4) is 0 Å². The van der Waals surface area contributed by atoms with E-state index >= 15 is 0 Å². The summed E-state index contributed by atoms with van der Waals surface area (Å²) < 4.78 is 19.8. The van der Waals surface area contributed by atoms with Crippen molar-refractivity contribution in [3.63, 3.8) is 0 Å². The molecule has 0 bridgehead atoms. The molecule has 2 fully saturated rings. The number of halogens is 2. The van der Waals surface area contributed by atoms with Crippen molar-refractivity contribution < 1.29 is 14.2 Å². The summed E-state index contributed by atoms with van der Waals surface area (Å²) in [5, 5.41) is 10.4. The fourth-order valence-corrected chi connectivity index (χ4v) is 4.05. The van der Waals surface area contributed by atoms with E-state index in [4.69, 9.17) is 16.3 Å². The van der Waals surface area contributed by atoms with Crippen molar-refractivity contribution in [1.29, 1.82) is 0 Å². The Labute approximate surface area is 136 Å². The minimum absolute atomic E-state index is 0.0839. The second-order valence-electron chi connectivity index (χ2n) is 6.42. The quantitative estimate of drug-likeness (QED) is 0.921. The fraction of sp³-hybridized carbons (Fsp3) is 0.647. The van der Waals surface area contributed by atoms with Crippen LogP contribution in [0.4, 0.5) is 4.39 Å². The minimum atomic E-state index is -0.319. The zero-order chi connectivity index (χ0) is 15.7.